The summed E-state index contributed by atoms with van der Waals surface area (Å²) in [5.74, 6) is 0.474. The van der Waals surface area contributed by atoms with Crippen molar-refractivity contribution >= 4 is 11.6 Å². The van der Waals surface area contributed by atoms with Gasteiger partial charge in [-0.3, -0.25) is 4.79 Å². The van der Waals surface area contributed by atoms with Crippen molar-refractivity contribution in [3.63, 3.8) is 0 Å². The number of anilines is 1. The zero-order valence-electron chi connectivity index (χ0n) is 14.2. The number of aromatic nitrogens is 1. The minimum Gasteiger partial charge on any atom is -0.444 e. The molecule has 0 atom stereocenters. The second-order valence-electron chi connectivity index (χ2n) is 5.79. The van der Waals surface area contributed by atoms with Crippen molar-refractivity contribution in [1.29, 1.82) is 0 Å². The highest BCUT2D eigenvalue weighted by atomic mass is 16.3. The Labute approximate surface area is 147 Å². The molecule has 25 heavy (non-hydrogen) atoms. The fourth-order valence-corrected chi connectivity index (χ4v) is 2.50. The van der Waals surface area contributed by atoms with E-state index in [2.05, 4.69) is 15.2 Å². The molecule has 1 N–H and O–H groups in total. The van der Waals surface area contributed by atoms with Crippen LogP contribution in [0.1, 0.15) is 5.69 Å². The Kier molecular flexibility index (Phi) is 5.46. The van der Waals surface area contributed by atoms with Crippen LogP contribution < -0.4 is 10.2 Å². The van der Waals surface area contributed by atoms with Gasteiger partial charge in [-0.05, 0) is 24.3 Å². The van der Waals surface area contributed by atoms with Gasteiger partial charge in [0.25, 0.3) is 0 Å². The average molecular weight is 335 g/mol. The number of likely N-dealkylation sites (N-methyl/N-ethyl adjacent to an activating group) is 1. The number of nitrogens with zero attached hydrogens (tertiary/aromatic N) is 2. The summed E-state index contributed by atoms with van der Waals surface area (Å²) in [7, 11) is 2.01. The van der Waals surface area contributed by atoms with Gasteiger partial charge in [0.1, 0.15) is 6.26 Å². The number of hydrogen-bond donors (Lipinski definition) is 1. The molecule has 1 heterocycles. The minimum atomic E-state index is -0.0608. The van der Waals surface area contributed by atoms with Crippen LogP contribution in [0.15, 0.2) is 71.3 Å². The highest BCUT2D eigenvalue weighted by molar-refractivity contribution is 5.78. The van der Waals surface area contributed by atoms with Crippen molar-refractivity contribution in [2.75, 3.05) is 25.0 Å². The molecular formula is C20H21N3O2. The van der Waals surface area contributed by atoms with E-state index < -0.39 is 0 Å². The molecule has 128 valence electrons. The van der Waals surface area contributed by atoms with Crippen molar-refractivity contribution in [2.45, 2.75) is 6.42 Å². The fourth-order valence-electron chi connectivity index (χ4n) is 2.50. The SMILES string of the molecule is CN(CCNC(=O)Cc1coc(-c2ccccc2)n1)c1ccccc1. The normalized spacial score (nSPS) is 10.4. The Balaban J connectivity index is 1.46. The molecule has 0 spiro atoms. The van der Waals surface area contributed by atoms with Gasteiger partial charge in [0, 0.05) is 31.4 Å². The third-order valence-electron chi connectivity index (χ3n) is 3.88. The first-order valence-corrected chi connectivity index (χ1v) is 8.25. The van der Waals surface area contributed by atoms with Gasteiger partial charge in [0.05, 0.1) is 12.1 Å². The molecule has 1 amide bonds. The second-order valence-corrected chi connectivity index (χ2v) is 5.79. The lowest BCUT2D eigenvalue weighted by molar-refractivity contribution is -0.120. The Morgan fingerprint density at radius 3 is 2.48 bits per heavy atom. The second kappa shape index (κ2) is 8.15. The van der Waals surface area contributed by atoms with E-state index in [9.17, 15) is 4.79 Å². The van der Waals surface area contributed by atoms with E-state index >= 15 is 0 Å². The van der Waals surface area contributed by atoms with Gasteiger partial charge in [-0.1, -0.05) is 36.4 Å². The van der Waals surface area contributed by atoms with Gasteiger partial charge in [0.15, 0.2) is 0 Å². The topological polar surface area (TPSA) is 58.4 Å². The van der Waals surface area contributed by atoms with Crippen molar-refractivity contribution in [3.8, 4) is 11.5 Å². The Bertz CT molecular complexity index is 800. The molecule has 3 aromatic rings. The maximum absolute atomic E-state index is 12.1. The van der Waals surface area contributed by atoms with E-state index in [1.54, 1.807) is 0 Å². The van der Waals surface area contributed by atoms with Crippen LogP contribution in [0.5, 0.6) is 0 Å². The molecule has 5 heteroatoms. The number of amides is 1. The average Bonchev–Trinajstić information content (AvgIpc) is 3.11. The van der Waals surface area contributed by atoms with E-state index in [0.717, 1.165) is 17.8 Å². The maximum atomic E-state index is 12.1. The van der Waals surface area contributed by atoms with Gasteiger partial charge in [-0.2, -0.15) is 0 Å². The number of para-hydroxylation sites is 1. The highest BCUT2D eigenvalue weighted by Crippen LogP contribution is 2.18. The Morgan fingerprint density at radius 1 is 1.08 bits per heavy atom. The molecule has 5 nitrogen and oxygen atoms in total. The molecule has 1 aromatic heterocycles. The van der Waals surface area contributed by atoms with Crippen LogP contribution in [0.4, 0.5) is 5.69 Å². The first-order chi connectivity index (χ1) is 12.2. The highest BCUT2D eigenvalue weighted by Gasteiger charge is 2.10. The first kappa shape index (κ1) is 16.8. The summed E-state index contributed by atoms with van der Waals surface area (Å²) >= 11 is 0. The van der Waals surface area contributed by atoms with Gasteiger partial charge in [-0.15, -0.1) is 0 Å². The van der Waals surface area contributed by atoms with Crippen LogP contribution in [-0.4, -0.2) is 31.0 Å². The monoisotopic (exact) mass is 335 g/mol. The minimum absolute atomic E-state index is 0.0608. The van der Waals surface area contributed by atoms with Crippen LogP contribution in [0.25, 0.3) is 11.5 Å². The maximum Gasteiger partial charge on any atom is 0.226 e. The number of carbonyl (C=O) groups excluding carboxylic acids is 1. The smallest absolute Gasteiger partial charge is 0.226 e. The summed E-state index contributed by atoms with van der Waals surface area (Å²) in [5.41, 5.74) is 2.66. The number of hydrogen-bond acceptors (Lipinski definition) is 4. The lowest BCUT2D eigenvalue weighted by Crippen LogP contribution is -2.33. The molecule has 0 saturated carbocycles. The van der Waals surface area contributed by atoms with Gasteiger partial charge in [0.2, 0.25) is 11.8 Å². The molecular weight excluding hydrogens is 314 g/mol. The zero-order valence-corrected chi connectivity index (χ0v) is 14.2. The van der Waals surface area contributed by atoms with Crippen LogP contribution in [0, 0.1) is 0 Å². The molecule has 0 bridgehead atoms. The predicted octanol–water partition coefficient (Wildman–Crippen LogP) is 3.14. The Morgan fingerprint density at radius 2 is 1.76 bits per heavy atom. The number of carbonyl (C=O) groups is 1. The van der Waals surface area contributed by atoms with Crippen molar-refractivity contribution in [3.05, 3.63) is 72.6 Å². The number of benzene rings is 2. The molecule has 0 aliphatic heterocycles. The molecule has 0 fully saturated rings. The summed E-state index contributed by atoms with van der Waals surface area (Å²) in [6.07, 6.45) is 1.75. The van der Waals surface area contributed by atoms with E-state index in [4.69, 9.17) is 4.42 Å². The molecule has 0 unspecified atom stereocenters. The Hall–Kier alpha value is -3.08. The third kappa shape index (κ3) is 4.70. The van der Waals surface area contributed by atoms with Crippen molar-refractivity contribution < 1.29 is 9.21 Å². The summed E-state index contributed by atoms with van der Waals surface area (Å²) in [6, 6.07) is 19.7. The summed E-state index contributed by atoms with van der Waals surface area (Å²) in [6.45, 7) is 1.32. The summed E-state index contributed by atoms with van der Waals surface area (Å²) < 4.78 is 5.45. The lowest BCUT2D eigenvalue weighted by atomic mass is 10.2. The molecule has 0 radical (unpaired) electrons. The van der Waals surface area contributed by atoms with Crippen LogP contribution in [0.3, 0.4) is 0 Å². The zero-order chi connectivity index (χ0) is 17.5. The molecule has 0 aliphatic rings. The standard InChI is InChI=1S/C20H21N3O2/c1-23(18-10-6-3-7-11-18)13-12-21-19(24)14-17-15-25-20(22-17)16-8-4-2-5-9-16/h2-11,15H,12-14H2,1H3,(H,21,24). The summed E-state index contributed by atoms with van der Waals surface area (Å²) in [5, 5.41) is 2.92. The lowest BCUT2D eigenvalue weighted by Gasteiger charge is -2.19. The van der Waals surface area contributed by atoms with E-state index in [1.165, 1.54) is 6.26 Å². The third-order valence-corrected chi connectivity index (χ3v) is 3.88. The predicted molar refractivity (Wildman–Crippen MR) is 98.4 cm³/mol. The van der Waals surface area contributed by atoms with Crippen LogP contribution in [0.2, 0.25) is 0 Å². The number of rotatable bonds is 7. The quantitative estimate of drug-likeness (QED) is 0.721. The number of nitrogens with one attached hydrogen (secondary N) is 1. The molecule has 0 aliphatic carbocycles. The van der Waals surface area contributed by atoms with E-state index in [-0.39, 0.29) is 12.3 Å². The molecule has 0 saturated heterocycles. The fraction of sp³-hybridized carbons (Fsp3) is 0.200. The van der Waals surface area contributed by atoms with Gasteiger partial charge in [-0.25, -0.2) is 4.98 Å². The number of oxazole rings is 1. The van der Waals surface area contributed by atoms with E-state index in [1.807, 2.05) is 67.7 Å². The van der Waals surface area contributed by atoms with E-state index in [0.29, 0.717) is 18.1 Å². The largest absolute Gasteiger partial charge is 0.444 e. The van der Waals surface area contributed by atoms with Gasteiger partial charge >= 0.3 is 0 Å². The molecule has 2 aromatic carbocycles. The van der Waals surface area contributed by atoms with Crippen LogP contribution >= 0.6 is 0 Å². The van der Waals surface area contributed by atoms with Gasteiger partial charge < -0.3 is 14.6 Å². The first-order valence-electron chi connectivity index (χ1n) is 8.25. The van der Waals surface area contributed by atoms with Crippen molar-refractivity contribution in [2.24, 2.45) is 0 Å². The summed E-state index contributed by atoms with van der Waals surface area (Å²) in [4.78, 5) is 18.5. The van der Waals surface area contributed by atoms with Crippen molar-refractivity contribution in [1.82, 2.24) is 10.3 Å². The van der Waals surface area contributed by atoms with Crippen LogP contribution in [-0.2, 0) is 11.2 Å². The molecule has 3 rings (SSSR count).